The Kier molecular flexibility index (Phi) is 4.92. The van der Waals surface area contributed by atoms with Gasteiger partial charge >= 0.3 is 5.97 Å². The highest BCUT2D eigenvalue weighted by molar-refractivity contribution is 5.89. The Balaban J connectivity index is 1.16. The summed E-state index contributed by atoms with van der Waals surface area (Å²) >= 11 is 0. The van der Waals surface area contributed by atoms with Crippen LogP contribution in [0, 0.1) is 0 Å². The second kappa shape index (κ2) is 7.87. The molecule has 0 bridgehead atoms. The van der Waals surface area contributed by atoms with E-state index in [-0.39, 0.29) is 31.8 Å². The normalized spacial score (nSPS) is 18.2. The minimum atomic E-state index is -0.338. The van der Waals surface area contributed by atoms with Crippen LogP contribution in [0.1, 0.15) is 5.56 Å². The van der Waals surface area contributed by atoms with Crippen molar-refractivity contribution in [3.8, 4) is 17.2 Å². The van der Waals surface area contributed by atoms with Crippen LogP contribution in [0.25, 0.3) is 0 Å². The van der Waals surface area contributed by atoms with E-state index in [0.29, 0.717) is 18.8 Å². The molecular formula is C22H23N3O5. The third-order valence-electron chi connectivity index (χ3n) is 5.64. The van der Waals surface area contributed by atoms with Crippen LogP contribution in [0.4, 0.5) is 5.69 Å². The fourth-order valence-electron chi connectivity index (χ4n) is 4.06. The summed E-state index contributed by atoms with van der Waals surface area (Å²) in [6.07, 6.45) is 0. The molecule has 30 heavy (non-hydrogen) atoms. The number of piperazine rings is 1. The monoisotopic (exact) mass is 409 g/mol. The number of ether oxygens (including phenoxy) is 3. The molecule has 3 aliphatic heterocycles. The summed E-state index contributed by atoms with van der Waals surface area (Å²) in [5, 5.41) is 0. The molecule has 0 saturated carbocycles. The molecule has 0 N–H and O–H groups in total. The van der Waals surface area contributed by atoms with E-state index >= 15 is 0 Å². The standard InChI is InChI=1S/C22H23N3O5/c26-21(13-25-14-22(27)30-18-4-2-1-3-17(18)25)24-9-7-23(8-10-24)12-16-5-6-19-20(11-16)29-15-28-19/h1-6,11H,7-10,12-15H2. The molecule has 0 unspecified atom stereocenters. The van der Waals surface area contributed by atoms with Crippen LogP contribution in [0.2, 0.25) is 0 Å². The van der Waals surface area contributed by atoms with E-state index < -0.39 is 0 Å². The molecule has 0 spiro atoms. The van der Waals surface area contributed by atoms with Crippen molar-refractivity contribution >= 4 is 17.6 Å². The number of fused-ring (bicyclic) bond motifs is 2. The SMILES string of the molecule is O=C1CN(CC(=O)N2CCN(Cc3ccc4c(c3)OCO4)CC2)c2ccccc2O1. The molecule has 3 heterocycles. The Bertz CT molecular complexity index is 971. The first-order valence-corrected chi connectivity index (χ1v) is 10.1. The molecule has 1 amide bonds. The lowest BCUT2D eigenvalue weighted by atomic mass is 10.1. The van der Waals surface area contributed by atoms with Gasteiger partial charge in [-0.2, -0.15) is 0 Å². The molecule has 0 aromatic heterocycles. The molecule has 8 nitrogen and oxygen atoms in total. The molecule has 2 aromatic rings. The average Bonchev–Trinajstić information content (AvgIpc) is 3.22. The van der Waals surface area contributed by atoms with Crippen molar-refractivity contribution in [3.05, 3.63) is 48.0 Å². The van der Waals surface area contributed by atoms with Gasteiger partial charge in [0.2, 0.25) is 12.7 Å². The third kappa shape index (κ3) is 3.78. The van der Waals surface area contributed by atoms with Crippen LogP contribution in [-0.2, 0) is 16.1 Å². The van der Waals surface area contributed by atoms with Crippen LogP contribution in [0.5, 0.6) is 17.2 Å². The Labute approximate surface area is 174 Å². The van der Waals surface area contributed by atoms with Gasteiger partial charge in [0.05, 0.1) is 12.2 Å². The maximum atomic E-state index is 12.9. The smallest absolute Gasteiger partial charge is 0.331 e. The fraction of sp³-hybridized carbons (Fsp3) is 0.364. The Morgan fingerprint density at radius 3 is 2.60 bits per heavy atom. The van der Waals surface area contributed by atoms with Gasteiger partial charge in [-0.25, -0.2) is 4.79 Å². The zero-order valence-electron chi connectivity index (χ0n) is 16.6. The zero-order valence-corrected chi connectivity index (χ0v) is 16.6. The number of para-hydroxylation sites is 2. The average molecular weight is 409 g/mol. The second-order valence-corrected chi connectivity index (χ2v) is 7.64. The maximum Gasteiger partial charge on any atom is 0.331 e. The Morgan fingerprint density at radius 1 is 0.933 bits per heavy atom. The lowest BCUT2D eigenvalue weighted by molar-refractivity contribution is -0.134. The van der Waals surface area contributed by atoms with E-state index in [1.807, 2.05) is 35.2 Å². The van der Waals surface area contributed by atoms with Crippen molar-refractivity contribution in [2.24, 2.45) is 0 Å². The molecule has 0 radical (unpaired) electrons. The minimum Gasteiger partial charge on any atom is -0.454 e. The fourth-order valence-corrected chi connectivity index (χ4v) is 4.06. The maximum absolute atomic E-state index is 12.9. The Morgan fingerprint density at radius 2 is 1.73 bits per heavy atom. The molecule has 1 fully saturated rings. The minimum absolute atomic E-state index is 0.0298. The number of carbonyl (C=O) groups is 2. The third-order valence-corrected chi connectivity index (χ3v) is 5.64. The number of hydrogen-bond donors (Lipinski definition) is 0. The van der Waals surface area contributed by atoms with Crippen LogP contribution in [0.3, 0.4) is 0 Å². The predicted octanol–water partition coefficient (Wildman–Crippen LogP) is 1.49. The summed E-state index contributed by atoms with van der Waals surface area (Å²) in [5.41, 5.74) is 1.95. The first kappa shape index (κ1) is 18.7. The van der Waals surface area contributed by atoms with E-state index in [1.165, 1.54) is 5.56 Å². The summed E-state index contributed by atoms with van der Waals surface area (Å²) in [4.78, 5) is 30.7. The van der Waals surface area contributed by atoms with E-state index in [4.69, 9.17) is 14.2 Å². The van der Waals surface area contributed by atoms with Crippen molar-refractivity contribution in [1.29, 1.82) is 0 Å². The van der Waals surface area contributed by atoms with Crippen molar-refractivity contribution in [1.82, 2.24) is 9.80 Å². The summed E-state index contributed by atoms with van der Waals surface area (Å²) in [5.74, 6) is 1.78. The predicted molar refractivity (Wildman–Crippen MR) is 109 cm³/mol. The van der Waals surface area contributed by atoms with Gasteiger partial charge in [-0.15, -0.1) is 0 Å². The number of anilines is 1. The van der Waals surface area contributed by atoms with Crippen LogP contribution in [0.15, 0.2) is 42.5 Å². The molecule has 0 aliphatic carbocycles. The summed E-state index contributed by atoms with van der Waals surface area (Å²) in [6.45, 7) is 4.30. The number of rotatable bonds is 4. The molecule has 0 atom stereocenters. The van der Waals surface area contributed by atoms with Gasteiger partial charge in [0.25, 0.3) is 0 Å². The van der Waals surface area contributed by atoms with Crippen molar-refractivity contribution in [2.75, 3.05) is 51.0 Å². The molecule has 1 saturated heterocycles. The Hall–Kier alpha value is -3.26. The number of amides is 1. The van der Waals surface area contributed by atoms with E-state index in [0.717, 1.165) is 36.8 Å². The first-order chi connectivity index (χ1) is 14.7. The van der Waals surface area contributed by atoms with E-state index in [9.17, 15) is 9.59 Å². The number of benzene rings is 2. The lowest BCUT2D eigenvalue weighted by Crippen LogP contribution is -2.52. The highest BCUT2D eigenvalue weighted by Gasteiger charge is 2.28. The van der Waals surface area contributed by atoms with Crippen molar-refractivity contribution in [2.45, 2.75) is 6.54 Å². The molecule has 156 valence electrons. The van der Waals surface area contributed by atoms with Crippen molar-refractivity contribution in [3.63, 3.8) is 0 Å². The molecule has 5 rings (SSSR count). The topological polar surface area (TPSA) is 71.6 Å². The number of nitrogens with zero attached hydrogens (tertiary/aromatic N) is 3. The van der Waals surface area contributed by atoms with Crippen LogP contribution < -0.4 is 19.1 Å². The largest absolute Gasteiger partial charge is 0.454 e. The van der Waals surface area contributed by atoms with Crippen LogP contribution >= 0.6 is 0 Å². The molecule has 3 aliphatic rings. The highest BCUT2D eigenvalue weighted by Crippen LogP contribution is 2.33. The second-order valence-electron chi connectivity index (χ2n) is 7.64. The molecule has 8 heteroatoms. The van der Waals surface area contributed by atoms with Gasteiger partial charge in [0.15, 0.2) is 17.2 Å². The number of esters is 1. The van der Waals surface area contributed by atoms with Gasteiger partial charge in [0.1, 0.15) is 6.54 Å². The highest BCUT2D eigenvalue weighted by atomic mass is 16.7. The number of hydrogen-bond acceptors (Lipinski definition) is 7. The van der Waals surface area contributed by atoms with Gasteiger partial charge in [-0.1, -0.05) is 18.2 Å². The van der Waals surface area contributed by atoms with Gasteiger partial charge in [0, 0.05) is 32.7 Å². The first-order valence-electron chi connectivity index (χ1n) is 10.1. The van der Waals surface area contributed by atoms with Gasteiger partial charge in [-0.3, -0.25) is 9.69 Å². The lowest BCUT2D eigenvalue weighted by Gasteiger charge is -2.36. The van der Waals surface area contributed by atoms with E-state index in [2.05, 4.69) is 11.0 Å². The molecule has 2 aromatic carbocycles. The quantitative estimate of drug-likeness (QED) is 0.560. The van der Waals surface area contributed by atoms with Crippen LogP contribution in [-0.4, -0.2) is 67.7 Å². The van der Waals surface area contributed by atoms with Gasteiger partial charge < -0.3 is 24.0 Å². The summed E-state index contributed by atoms with van der Waals surface area (Å²) in [7, 11) is 0. The number of carbonyl (C=O) groups excluding carboxylic acids is 2. The molecular weight excluding hydrogens is 386 g/mol. The summed E-state index contributed by atoms with van der Waals surface area (Å²) in [6, 6.07) is 13.3. The van der Waals surface area contributed by atoms with Crippen molar-refractivity contribution < 1.29 is 23.8 Å². The summed E-state index contributed by atoms with van der Waals surface area (Å²) < 4.78 is 16.1. The zero-order chi connectivity index (χ0) is 20.5. The van der Waals surface area contributed by atoms with E-state index in [1.54, 1.807) is 11.0 Å². The van der Waals surface area contributed by atoms with Gasteiger partial charge in [-0.05, 0) is 29.8 Å².